The Balaban J connectivity index is 1.76. The summed E-state index contributed by atoms with van der Waals surface area (Å²) >= 11 is 0. The summed E-state index contributed by atoms with van der Waals surface area (Å²) in [6.45, 7) is 0.879. The lowest BCUT2D eigenvalue weighted by molar-refractivity contribution is -0.136. The molecule has 2 heterocycles. The Morgan fingerprint density at radius 2 is 1.77 bits per heavy atom. The third-order valence-electron chi connectivity index (χ3n) is 5.51. The average molecular weight is 602 g/mol. The molecule has 1 fully saturated rings. The topological polar surface area (TPSA) is 217 Å². The first-order valence-corrected chi connectivity index (χ1v) is 15.1. The van der Waals surface area contributed by atoms with Gasteiger partial charge in [0.15, 0.2) is 6.23 Å². The van der Waals surface area contributed by atoms with Gasteiger partial charge in [-0.3, -0.25) is 37.3 Å². The first-order valence-electron chi connectivity index (χ1n) is 12.1. The maximum absolute atomic E-state index is 12.2. The molecular formula is C20H36N4O13P2. The van der Waals surface area contributed by atoms with Gasteiger partial charge in [0, 0.05) is 52.7 Å². The number of amides is 1. The predicted molar refractivity (Wildman–Crippen MR) is 135 cm³/mol. The fraction of sp³-hybridized carbons (Fsp3) is 0.750. The second-order valence-corrected chi connectivity index (χ2v) is 11.5. The van der Waals surface area contributed by atoms with Crippen molar-refractivity contribution in [1.29, 1.82) is 0 Å². The van der Waals surface area contributed by atoms with E-state index in [0.29, 0.717) is 19.4 Å². The molecule has 19 heteroatoms. The zero-order chi connectivity index (χ0) is 28.9. The van der Waals surface area contributed by atoms with E-state index in [2.05, 4.69) is 19.3 Å². The molecular weight excluding hydrogens is 566 g/mol. The fourth-order valence-electron chi connectivity index (χ4n) is 3.53. The highest BCUT2D eigenvalue weighted by atomic mass is 31.2. The third-order valence-corrected chi connectivity index (χ3v) is 7.41. The van der Waals surface area contributed by atoms with Crippen molar-refractivity contribution in [1.82, 2.24) is 19.8 Å². The number of alkyl carbamates (subject to hydrolysis) is 1. The van der Waals surface area contributed by atoms with Gasteiger partial charge >= 0.3 is 27.4 Å². The first-order chi connectivity index (χ1) is 18.4. The van der Waals surface area contributed by atoms with Crippen molar-refractivity contribution in [3.8, 4) is 0 Å². The Kier molecular flexibility index (Phi) is 14.0. The number of hydrogen-bond donors (Lipinski definition) is 4. The summed E-state index contributed by atoms with van der Waals surface area (Å²) < 4.78 is 53.4. The van der Waals surface area contributed by atoms with E-state index in [0.717, 1.165) is 33.1 Å². The largest absolute Gasteiger partial charge is 0.472 e. The summed E-state index contributed by atoms with van der Waals surface area (Å²) in [7, 11) is -6.09. The number of H-pyrrole nitrogens is 1. The SMILES string of the molecule is COP(=O)(O)OCCCCCCNC(=O)OCCN1C[C@@H](COP(=O)(O)OC)O[C@@H](n2ccc(=O)[nH]c2=O)C1. The molecule has 0 radical (unpaired) electrons. The van der Waals surface area contributed by atoms with Crippen LogP contribution in [0.1, 0.15) is 31.9 Å². The first kappa shape index (κ1) is 33.3. The lowest BCUT2D eigenvalue weighted by Crippen LogP contribution is -2.50. The van der Waals surface area contributed by atoms with Gasteiger partial charge in [0.25, 0.3) is 5.56 Å². The van der Waals surface area contributed by atoms with Gasteiger partial charge in [-0.15, -0.1) is 0 Å². The van der Waals surface area contributed by atoms with E-state index in [-0.39, 0.29) is 39.5 Å². The molecule has 224 valence electrons. The van der Waals surface area contributed by atoms with Crippen molar-refractivity contribution in [2.24, 2.45) is 0 Å². The van der Waals surface area contributed by atoms with Gasteiger partial charge in [-0.25, -0.2) is 18.7 Å². The van der Waals surface area contributed by atoms with Gasteiger partial charge < -0.3 is 24.6 Å². The van der Waals surface area contributed by atoms with Crippen molar-refractivity contribution < 1.29 is 51.3 Å². The van der Waals surface area contributed by atoms with Crippen LogP contribution in [-0.2, 0) is 36.7 Å². The van der Waals surface area contributed by atoms with Crippen LogP contribution in [-0.4, -0.2) is 96.7 Å². The van der Waals surface area contributed by atoms with Gasteiger partial charge in [-0.05, 0) is 12.8 Å². The summed E-state index contributed by atoms with van der Waals surface area (Å²) in [5.74, 6) is 0. The van der Waals surface area contributed by atoms with Gasteiger partial charge in [-0.2, -0.15) is 0 Å². The molecule has 0 aromatic carbocycles. The molecule has 0 spiro atoms. The second-order valence-electron chi connectivity index (χ2n) is 8.40. The van der Waals surface area contributed by atoms with Gasteiger partial charge in [0.1, 0.15) is 6.61 Å². The van der Waals surface area contributed by atoms with Crippen molar-refractivity contribution in [3.05, 3.63) is 33.1 Å². The van der Waals surface area contributed by atoms with E-state index in [1.54, 1.807) is 0 Å². The third kappa shape index (κ3) is 12.9. The molecule has 1 aromatic heterocycles. The highest BCUT2D eigenvalue weighted by molar-refractivity contribution is 7.47. The number of aromatic nitrogens is 2. The normalized spacial score (nSPS) is 21.1. The number of phosphoric ester groups is 2. The number of aromatic amines is 1. The molecule has 1 amide bonds. The molecule has 0 aliphatic carbocycles. The van der Waals surface area contributed by atoms with Crippen LogP contribution in [0.4, 0.5) is 4.79 Å². The zero-order valence-electron chi connectivity index (χ0n) is 21.8. The lowest BCUT2D eigenvalue weighted by Gasteiger charge is -2.38. The summed E-state index contributed by atoms with van der Waals surface area (Å²) in [6, 6.07) is 1.16. The van der Waals surface area contributed by atoms with E-state index in [4.69, 9.17) is 23.4 Å². The minimum absolute atomic E-state index is 0.0151. The van der Waals surface area contributed by atoms with Crippen LogP contribution < -0.4 is 16.6 Å². The summed E-state index contributed by atoms with van der Waals surface area (Å²) in [6.07, 6.45) is 1.82. The standard InChI is InChI=1S/C20H36N4O13P2/c1-32-38(28,29)35-11-6-4-3-5-8-21-20(27)34-12-10-23-13-16(15-36-39(30,31)33-2)37-18(14-23)24-9-7-17(25)22-19(24)26/h7,9,16,18H,3-6,8,10-15H2,1-2H3,(H,21,27)(H,28,29)(H,30,31)(H,22,25,26)/t16-,18+/m0/s1. The predicted octanol–water partition coefficient (Wildman–Crippen LogP) is 0.549. The maximum Gasteiger partial charge on any atom is 0.472 e. The number of carbonyl (C=O) groups excluding carboxylic acids is 1. The minimum Gasteiger partial charge on any atom is -0.448 e. The number of rotatable bonds is 17. The summed E-state index contributed by atoms with van der Waals surface area (Å²) in [5.41, 5.74) is -1.26. The Labute approximate surface area is 224 Å². The molecule has 1 aliphatic rings. The van der Waals surface area contributed by atoms with Crippen LogP contribution in [0.25, 0.3) is 0 Å². The quantitative estimate of drug-likeness (QED) is 0.141. The van der Waals surface area contributed by atoms with Crippen LogP contribution in [0.5, 0.6) is 0 Å². The zero-order valence-corrected chi connectivity index (χ0v) is 23.6. The number of hydrogen-bond acceptors (Lipinski definition) is 12. The number of carbonyl (C=O) groups is 1. The Morgan fingerprint density at radius 1 is 1.08 bits per heavy atom. The summed E-state index contributed by atoms with van der Waals surface area (Å²) in [4.78, 5) is 58.2. The van der Waals surface area contributed by atoms with Gasteiger partial charge in [0.2, 0.25) is 0 Å². The van der Waals surface area contributed by atoms with E-state index >= 15 is 0 Å². The molecule has 2 unspecified atom stereocenters. The Bertz CT molecular complexity index is 1110. The molecule has 0 saturated carbocycles. The lowest BCUT2D eigenvalue weighted by atomic mass is 10.2. The molecule has 4 atom stereocenters. The van der Waals surface area contributed by atoms with Crippen molar-refractivity contribution in [2.45, 2.75) is 38.0 Å². The molecule has 1 aromatic rings. The van der Waals surface area contributed by atoms with Crippen LogP contribution in [0.15, 0.2) is 21.9 Å². The number of nitrogens with one attached hydrogen (secondary N) is 2. The average Bonchev–Trinajstić information content (AvgIpc) is 2.89. The number of nitrogens with zero attached hydrogens (tertiary/aromatic N) is 2. The van der Waals surface area contributed by atoms with Crippen LogP contribution in [0.2, 0.25) is 0 Å². The number of morpholine rings is 1. The second kappa shape index (κ2) is 16.4. The molecule has 4 N–H and O–H groups in total. The van der Waals surface area contributed by atoms with Crippen LogP contribution in [0.3, 0.4) is 0 Å². The number of unbranched alkanes of at least 4 members (excludes halogenated alkanes) is 3. The Hall–Kier alpha value is -1.91. The van der Waals surface area contributed by atoms with E-state index < -0.39 is 45.3 Å². The van der Waals surface area contributed by atoms with Crippen LogP contribution in [0, 0.1) is 0 Å². The molecule has 0 bridgehead atoms. The van der Waals surface area contributed by atoms with E-state index in [1.807, 2.05) is 4.90 Å². The molecule has 17 nitrogen and oxygen atoms in total. The molecule has 2 rings (SSSR count). The molecule has 39 heavy (non-hydrogen) atoms. The molecule has 1 saturated heterocycles. The smallest absolute Gasteiger partial charge is 0.448 e. The Morgan fingerprint density at radius 3 is 2.46 bits per heavy atom. The van der Waals surface area contributed by atoms with E-state index in [1.165, 1.54) is 10.8 Å². The number of ether oxygens (including phenoxy) is 2. The highest BCUT2D eigenvalue weighted by Crippen LogP contribution is 2.42. The van der Waals surface area contributed by atoms with Crippen molar-refractivity contribution in [3.63, 3.8) is 0 Å². The van der Waals surface area contributed by atoms with E-state index in [9.17, 15) is 28.4 Å². The minimum atomic E-state index is -4.26. The highest BCUT2D eigenvalue weighted by Gasteiger charge is 2.32. The van der Waals surface area contributed by atoms with Crippen molar-refractivity contribution >= 4 is 21.7 Å². The summed E-state index contributed by atoms with van der Waals surface area (Å²) in [5, 5.41) is 2.63. The van der Waals surface area contributed by atoms with Gasteiger partial charge in [-0.1, -0.05) is 12.8 Å². The maximum atomic E-state index is 12.2. The molecule has 1 aliphatic heterocycles. The van der Waals surface area contributed by atoms with Gasteiger partial charge in [0.05, 0.1) is 19.3 Å². The van der Waals surface area contributed by atoms with Crippen molar-refractivity contribution in [2.75, 3.05) is 60.2 Å². The fourth-order valence-corrected chi connectivity index (χ4v) is 4.45. The van der Waals surface area contributed by atoms with Crippen LogP contribution >= 0.6 is 15.6 Å². The number of phosphoric acid groups is 2. The monoisotopic (exact) mass is 602 g/mol.